The Hall–Kier alpha value is -1.11. The molecular formula is C15H14BrF2NOS. The topological polar surface area (TPSA) is 35.2 Å². The lowest BCUT2D eigenvalue weighted by Gasteiger charge is -2.14. The molecule has 2 rings (SSSR count). The Kier molecular flexibility index (Phi) is 5.61. The third-order valence-corrected chi connectivity index (χ3v) is 4.21. The Balaban J connectivity index is 2.42. The van der Waals surface area contributed by atoms with Crippen molar-refractivity contribution in [3.8, 4) is 11.5 Å². The third-order valence-electron chi connectivity index (χ3n) is 2.77. The quantitative estimate of drug-likeness (QED) is 0.585. The molecule has 0 aromatic heterocycles. The average Bonchev–Trinajstić information content (AvgIpc) is 2.45. The van der Waals surface area contributed by atoms with Gasteiger partial charge in [-0.15, -0.1) is 11.8 Å². The Morgan fingerprint density at radius 3 is 2.67 bits per heavy atom. The fourth-order valence-electron chi connectivity index (χ4n) is 1.86. The van der Waals surface area contributed by atoms with Crippen molar-refractivity contribution in [3.63, 3.8) is 0 Å². The standard InChI is InChI=1S/C15H14BrF2NOS/c1-2-21-14-5-3-4-12(10(14)8-19)20-13-7-9(16)6-11(17)15(13)18/h3-7H,2,8,19H2,1H3. The summed E-state index contributed by atoms with van der Waals surface area (Å²) in [4.78, 5) is 0.980. The molecule has 0 fully saturated rings. The van der Waals surface area contributed by atoms with Crippen LogP contribution in [0.5, 0.6) is 11.5 Å². The van der Waals surface area contributed by atoms with Gasteiger partial charge in [0.15, 0.2) is 11.6 Å². The van der Waals surface area contributed by atoms with E-state index in [9.17, 15) is 8.78 Å². The molecule has 0 amide bonds. The maximum atomic E-state index is 13.8. The van der Waals surface area contributed by atoms with Crippen LogP contribution in [0.15, 0.2) is 39.7 Å². The van der Waals surface area contributed by atoms with Crippen molar-refractivity contribution in [1.82, 2.24) is 0 Å². The van der Waals surface area contributed by atoms with Gasteiger partial charge in [0.2, 0.25) is 5.82 Å². The number of halogens is 3. The summed E-state index contributed by atoms with van der Waals surface area (Å²) in [5, 5.41) is 0. The molecule has 21 heavy (non-hydrogen) atoms. The molecule has 0 saturated carbocycles. The van der Waals surface area contributed by atoms with Crippen molar-refractivity contribution < 1.29 is 13.5 Å². The lowest BCUT2D eigenvalue weighted by Crippen LogP contribution is -2.02. The third kappa shape index (κ3) is 3.75. The highest BCUT2D eigenvalue weighted by Crippen LogP contribution is 2.35. The minimum Gasteiger partial charge on any atom is -0.454 e. The van der Waals surface area contributed by atoms with Gasteiger partial charge in [0.25, 0.3) is 0 Å². The number of thioether (sulfide) groups is 1. The van der Waals surface area contributed by atoms with E-state index in [1.807, 2.05) is 13.0 Å². The monoisotopic (exact) mass is 373 g/mol. The van der Waals surface area contributed by atoms with E-state index in [0.29, 0.717) is 10.2 Å². The summed E-state index contributed by atoms with van der Waals surface area (Å²) in [5.41, 5.74) is 6.54. The molecule has 0 heterocycles. The van der Waals surface area contributed by atoms with Crippen LogP contribution in [0.3, 0.4) is 0 Å². The van der Waals surface area contributed by atoms with Gasteiger partial charge in [0.1, 0.15) is 5.75 Å². The second-order valence-electron chi connectivity index (χ2n) is 4.17. The van der Waals surface area contributed by atoms with Crippen molar-refractivity contribution in [1.29, 1.82) is 0 Å². The Labute approximate surface area is 134 Å². The van der Waals surface area contributed by atoms with Gasteiger partial charge in [-0.05, 0) is 30.0 Å². The summed E-state index contributed by atoms with van der Waals surface area (Å²) in [6.45, 7) is 2.29. The van der Waals surface area contributed by atoms with E-state index < -0.39 is 11.6 Å². The maximum absolute atomic E-state index is 13.8. The van der Waals surface area contributed by atoms with Crippen LogP contribution in [0, 0.1) is 11.6 Å². The van der Waals surface area contributed by atoms with Gasteiger partial charge in [0, 0.05) is 21.5 Å². The van der Waals surface area contributed by atoms with Crippen LogP contribution in [0.25, 0.3) is 0 Å². The first-order valence-electron chi connectivity index (χ1n) is 6.34. The molecule has 112 valence electrons. The van der Waals surface area contributed by atoms with E-state index in [0.717, 1.165) is 22.3 Å². The molecule has 0 saturated heterocycles. The van der Waals surface area contributed by atoms with Crippen LogP contribution in [0.1, 0.15) is 12.5 Å². The fourth-order valence-corrected chi connectivity index (χ4v) is 3.11. The van der Waals surface area contributed by atoms with E-state index in [1.54, 1.807) is 23.9 Å². The zero-order valence-electron chi connectivity index (χ0n) is 11.3. The molecule has 0 radical (unpaired) electrons. The van der Waals surface area contributed by atoms with E-state index in [-0.39, 0.29) is 12.3 Å². The number of nitrogens with two attached hydrogens (primary N) is 1. The summed E-state index contributed by atoms with van der Waals surface area (Å²) in [6.07, 6.45) is 0. The van der Waals surface area contributed by atoms with E-state index in [4.69, 9.17) is 10.5 Å². The predicted octanol–water partition coefficient (Wildman–Crippen LogP) is 5.09. The second-order valence-corrected chi connectivity index (χ2v) is 6.39. The largest absolute Gasteiger partial charge is 0.454 e. The number of benzene rings is 2. The van der Waals surface area contributed by atoms with Crippen molar-refractivity contribution >= 4 is 27.7 Å². The summed E-state index contributed by atoms with van der Waals surface area (Å²) in [7, 11) is 0. The number of hydrogen-bond donors (Lipinski definition) is 1. The molecule has 2 nitrogen and oxygen atoms in total. The molecule has 0 aliphatic heterocycles. The molecule has 2 aromatic rings. The number of rotatable bonds is 5. The van der Waals surface area contributed by atoms with E-state index in [2.05, 4.69) is 15.9 Å². The Morgan fingerprint density at radius 2 is 2.00 bits per heavy atom. The molecule has 2 N–H and O–H groups in total. The van der Waals surface area contributed by atoms with Crippen LogP contribution in [-0.4, -0.2) is 5.75 Å². The van der Waals surface area contributed by atoms with Crippen LogP contribution in [0.2, 0.25) is 0 Å². The first-order valence-corrected chi connectivity index (χ1v) is 8.11. The molecule has 0 aliphatic rings. The normalized spacial score (nSPS) is 10.7. The van der Waals surface area contributed by atoms with Gasteiger partial charge in [-0.25, -0.2) is 4.39 Å². The Bertz CT molecular complexity index is 652. The number of ether oxygens (including phenoxy) is 1. The highest BCUT2D eigenvalue weighted by atomic mass is 79.9. The molecule has 0 atom stereocenters. The molecular weight excluding hydrogens is 360 g/mol. The minimum absolute atomic E-state index is 0.171. The van der Waals surface area contributed by atoms with E-state index >= 15 is 0 Å². The summed E-state index contributed by atoms with van der Waals surface area (Å²) < 4.78 is 33.2. The summed E-state index contributed by atoms with van der Waals surface area (Å²) in [6, 6.07) is 7.87. The molecule has 0 aliphatic carbocycles. The lowest BCUT2D eigenvalue weighted by molar-refractivity contribution is 0.411. The first-order chi connectivity index (χ1) is 10.1. The van der Waals surface area contributed by atoms with Gasteiger partial charge < -0.3 is 10.5 Å². The fraction of sp³-hybridized carbons (Fsp3) is 0.200. The second kappa shape index (κ2) is 7.24. The van der Waals surface area contributed by atoms with Crippen molar-refractivity contribution in [2.75, 3.05) is 5.75 Å². The lowest BCUT2D eigenvalue weighted by atomic mass is 10.2. The van der Waals surface area contributed by atoms with Crippen molar-refractivity contribution in [2.45, 2.75) is 18.4 Å². The van der Waals surface area contributed by atoms with Gasteiger partial charge in [-0.2, -0.15) is 4.39 Å². The molecule has 2 aromatic carbocycles. The van der Waals surface area contributed by atoms with Gasteiger partial charge in [0.05, 0.1) is 0 Å². The van der Waals surface area contributed by atoms with Crippen LogP contribution in [-0.2, 0) is 6.54 Å². The van der Waals surface area contributed by atoms with Crippen molar-refractivity contribution in [3.05, 3.63) is 52.0 Å². The number of hydrogen-bond acceptors (Lipinski definition) is 3. The average molecular weight is 374 g/mol. The highest BCUT2D eigenvalue weighted by molar-refractivity contribution is 9.10. The zero-order valence-corrected chi connectivity index (χ0v) is 13.7. The zero-order chi connectivity index (χ0) is 15.4. The minimum atomic E-state index is -1.02. The van der Waals surface area contributed by atoms with Crippen LogP contribution in [0.4, 0.5) is 8.78 Å². The maximum Gasteiger partial charge on any atom is 0.201 e. The van der Waals surface area contributed by atoms with Gasteiger partial charge in [-0.1, -0.05) is 28.9 Å². The van der Waals surface area contributed by atoms with Crippen molar-refractivity contribution in [2.24, 2.45) is 5.73 Å². The van der Waals surface area contributed by atoms with Crippen LogP contribution < -0.4 is 10.5 Å². The SMILES string of the molecule is CCSc1cccc(Oc2cc(Br)cc(F)c2F)c1CN. The molecule has 6 heteroatoms. The molecule has 0 unspecified atom stereocenters. The first kappa shape index (κ1) is 16.3. The van der Waals surface area contributed by atoms with Gasteiger partial charge in [-0.3, -0.25) is 0 Å². The smallest absolute Gasteiger partial charge is 0.201 e. The molecule has 0 bridgehead atoms. The van der Waals surface area contributed by atoms with Gasteiger partial charge >= 0.3 is 0 Å². The summed E-state index contributed by atoms with van der Waals surface area (Å²) >= 11 is 4.74. The van der Waals surface area contributed by atoms with E-state index in [1.165, 1.54) is 6.07 Å². The Morgan fingerprint density at radius 1 is 1.24 bits per heavy atom. The predicted molar refractivity (Wildman–Crippen MR) is 84.9 cm³/mol. The molecule has 0 spiro atoms. The van der Waals surface area contributed by atoms with Crippen LogP contribution >= 0.6 is 27.7 Å². The highest BCUT2D eigenvalue weighted by Gasteiger charge is 2.15. The summed E-state index contributed by atoms with van der Waals surface area (Å²) in [5.74, 6) is -0.832.